The fourth-order valence-corrected chi connectivity index (χ4v) is 2.14. The van der Waals surface area contributed by atoms with Gasteiger partial charge in [0.2, 0.25) is 0 Å². The summed E-state index contributed by atoms with van der Waals surface area (Å²) in [4.78, 5) is 0. The molecule has 6 heteroatoms. The summed E-state index contributed by atoms with van der Waals surface area (Å²) < 4.78 is 38.2. The van der Waals surface area contributed by atoms with E-state index in [0.29, 0.717) is 10.6 Å². The smallest absolute Gasteiger partial charge is 0.398 e. The van der Waals surface area contributed by atoms with E-state index in [4.69, 9.17) is 17.3 Å². The van der Waals surface area contributed by atoms with Gasteiger partial charge < -0.3 is 10.8 Å². The van der Waals surface area contributed by atoms with Crippen molar-refractivity contribution in [1.82, 2.24) is 0 Å². The lowest BCUT2D eigenvalue weighted by atomic mass is 9.97. The largest absolute Gasteiger partial charge is 0.416 e. The number of hydrogen-bond acceptors (Lipinski definition) is 2. The fourth-order valence-electron chi connectivity index (χ4n) is 1.95. The van der Waals surface area contributed by atoms with Crippen LogP contribution in [-0.4, -0.2) is 5.11 Å². The van der Waals surface area contributed by atoms with Gasteiger partial charge in [-0.05, 0) is 42.3 Å². The molecule has 0 saturated carbocycles. The number of nitrogen functional groups attached to an aromatic ring is 1. The molecule has 2 aromatic carbocycles. The van der Waals surface area contributed by atoms with Crippen LogP contribution in [0, 0.1) is 6.92 Å². The maximum atomic E-state index is 12.7. The van der Waals surface area contributed by atoms with Crippen LogP contribution in [0.3, 0.4) is 0 Å². The van der Waals surface area contributed by atoms with Crippen LogP contribution in [0.25, 0.3) is 0 Å². The first-order valence-corrected chi connectivity index (χ1v) is 6.48. The van der Waals surface area contributed by atoms with E-state index in [1.807, 2.05) is 0 Å². The Hall–Kier alpha value is -1.72. The Labute approximate surface area is 125 Å². The van der Waals surface area contributed by atoms with Crippen molar-refractivity contribution in [3.05, 3.63) is 63.7 Å². The molecule has 2 aromatic rings. The van der Waals surface area contributed by atoms with E-state index in [1.54, 1.807) is 19.1 Å². The van der Waals surface area contributed by atoms with E-state index < -0.39 is 17.8 Å². The summed E-state index contributed by atoms with van der Waals surface area (Å²) >= 11 is 5.97. The van der Waals surface area contributed by atoms with Gasteiger partial charge in [-0.25, -0.2) is 0 Å². The molecule has 112 valence electrons. The molecule has 0 aliphatic rings. The lowest BCUT2D eigenvalue weighted by Crippen LogP contribution is -2.10. The molecule has 0 bridgehead atoms. The van der Waals surface area contributed by atoms with Gasteiger partial charge in [0.05, 0.1) is 5.56 Å². The molecule has 0 spiro atoms. The quantitative estimate of drug-likeness (QED) is 0.810. The normalized spacial score (nSPS) is 13.2. The molecule has 0 fully saturated rings. The van der Waals surface area contributed by atoms with E-state index in [1.165, 1.54) is 6.07 Å². The maximum absolute atomic E-state index is 12.7. The highest BCUT2D eigenvalue weighted by Gasteiger charge is 2.31. The van der Waals surface area contributed by atoms with Gasteiger partial charge in [0.15, 0.2) is 0 Å². The van der Waals surface area contributed by atoms with E-state index in [2.05, 4.69) is 0 Å². The Kier molecular flexibility index (Phi) is 4.16. The fraction of sp³-hybridized carbons (Fsp3) is 0.200. The van der Waals surface area contributed by atoms with E-state index in [9.17, 15) is 18.3 Å². The summed E-state index contributed by atoms with van der Waals surface area (Å²) in [5.74, 6) is 0. The topological polar surface area (TPSA) is 46.2 Å². The van der Waals surface area contributed by atoms with Crippen LogP contribution < -0.4 is 5.73 Å². The minimum Gasteiger partial charge on any atom is -0.398 e. The van der Waals surface area contributed by atoms with Crippen molar-refractivity contribution in [2.45, 2.75) is 19.2 Å². The Morgan fingerprint density at radius 2 is 1.81 bits per heavy atom. The molecule has 0 saturated heterocycles. The summed E-state index contributed by atoms with van der Waals surface area (Å²) in [5, 5.41) is 10.7. The minimum absolute atomic E-state index is 0.00439. The number of hydrogen-bond donors (Lipinski definition) is 2. The van der Waals surface area contributed by atoms with Gasteiger partial charge in [-0.3, -0.25) is 0 Å². The maximum Gasteiger partial charge on any atom is 0.416 e. The number of benzene rings is 2. The predicted molar refractivity (Wildman–Crippen MR) is 76.1 cm³/mol. The third-order valence-electron chi connectivity index (χ3n) is 3.22. The van der Waals surface area contributed by atoms with Crippen molar-refractivity contribution in [3.63, 3.8) is 0 Å². The minimum atomic E-state index is -4.49. The predicted octanol–water partition coefficient (Wildman–Crippen LogP) is 4.33. The van der Waals surface area contributed by atoms with Gasteiger partial charge in [0, 0.05) is 16.3 Å². The lowest BCUT2D eigenvalue weighted by Gasteiger charge is -2.17. The van der Waals surface area contributed by atoms with Crippen molar-refractivity contribution >= 4 is 17.3 Å². The number of aliphatic hydroxyl groups is 1. The van der Waals surface area contributed by atoms with Crippen LogP contribution >= 0.6 is 11.6 Å². The first-order chi connectivity index (χ1) is 9.70. The van der Waals surface area contributed by atoms with Gasteiger partial charge in [0.1, 0.15) is 6.10 Å². The number of nitrogens with two attached hydrogens (primary N) is 1. The second-order valence-electron chi connectivity index (χ2n) is 4.75. The zero-order chi connectivity index (χ0) is 15.8. The van der Waals surface area contributed by atoms with Crippen LogP contribution in [0.5, 0.6) is 0 Å². The number of alkyl halides is 3. The summed E-state index contributed by atoms with van der Waals surface area (Å²) in [6.07, 6.45) is -5.77. The monoisotopic (exact) mass is 315 g/mol. The van der Waals surface area contributed by atoms with E-state index >= 15 is 0 Å². The number of halogens is 4. The Morgan fingerprint density at radius 1 is 1.14 bits per heavy atom. The summed E-state index contributed by atoms with van der Waals surface area (Å²) in [6.45, 7) is 1.79. The molecule has 1 atom stereocenters. The average molecular weight is 316 g/mol. The molecule has 0 heterocycles. The number of aryl methyl sites for hydroxylation is 1. The molecule has 21 heavy (non-hydrogen) atoms. The number of rotatable bonds is 2. The van der Waals surface area contributed by atoms with Gasteiger partial charge >= 0.3 is 6.18 Å². The van der Waals surface area contributed by atoms with Gasteiger partial charge in [-0.2, -0.15) is 13.2 Å². The summed E-state index contributed by atoms with van der Waals surface area (Å²) in [6, 6.07) is 7.68. The molecule has 0 aliphatic carbocycles. The van der Waals surface area contributed by atoms with E-state index in [-0.39, 0.29) is 11.3 Å². The Balaban J connectivity index is 2.47. The zero-order valence-electron chi connectivity index (χ0n) is 11.1. The molecule has 0 amide bonds. The summed E-state index contributed by atoms with van der Waals surface area (Å²) in [5.41, 5.74) is 6.11. The number of aliphatic hydroxyl groups excluding tert-OH is 1. The molecule has 0 radical (unpaired) electrons. The van der Waals surface area contributed by atoms with Crippen LogP contribution in [0.4, 0.5) is 18.9 Å². The highest BCUT2D eigenvalue weighted by molar-refractivity contribution is 6.31. The lowest BCUT2D eigenvalue weighted by molar-refractivity contribution is -0.137. The van der Waals surface area contributed by atoms with Crippen LogP contribution in [-0.2, 0) is 6.18 Å². The molecule has 2 rings (SSSR count). The Morgan fingerprint density at radius 3 is 2.38 bits per heavy atom. The molecule has 0 aliphatic heterocycles. The van der Waals surface area contributed by atoms with Gasteiger partial charge in [-0.1, -0.05) is 23.7 Å². The van der Waals surface area contributed by atoms with Gasteiger partial charge in [-0.15, -0.1) is 0 Å². The molecule has 2 nitrogen and oxygen atoms in total. The third-order valence-corrected chi connectivity index (χ3v) is 3.63. The highest BCUT2D eigenvalue weighted by Crippen LogP contribution is 2.35. The molecular weight excluding hydrogens is 303 g/mol. The standard InChI is InChI=1S/C15H13ClF3NO/c1-8-2-3-9(6-12(8)16)14(21)11-7-10(15(17,18)19)4-5-13(11)20/h2-7,14,21H,20H2,1H3. The van der Waals surface area contributed by atoms with Crippen LogP contribution in [0.2, 0.25) is 5.02 Å². The zero-order valence-corrected chi connectivity index (χ0v) is 11.8. The molecular formula is C15H13ClF3NO. The molecule has 3 N–H and O–H groups in total. The van der Waals surface area contributed by atoms with Crippen LogP contribution in [0.15, 0.2) is 36.4 Å². The van der Waals surface area contributed by atoms with Crippen molar-refractivity contribution in [2.75, 3.05) is 5.73 Å². The van der Waals surface area contributed by atoms with E-state index in [0.717, 1.165) is 23.8 Å². The summed E-state index contributed by atoms with van der Waals surface area (Å²) in [7, 11) is 0. The van der Waals surface area contributed by atoms with Crippen molar-refractivity contribution in [2.24, 2.45) is 0 Å². The van der Waals surface area contributed by atoms with Gasteiger partial charge in [0.25, 0.3) is 0 Å². The highest BCUT2D eigenvalue weighted by atomic mass is 35.5. The second kappa shape index (κ2) is 5.58. The first kappa shape index (κ1) is 15.7. The first-order valence-electron chi connectivity index (χ1n) is 6.11. The number of anilines is 1. The van der Waals surface area contributed by atoms with Crippen LogP contribution in [0.1, 0.15) is 28.4 Å². The molecule has 1 unspecified atom stereocenters. The van der Waals surface area contributed by atoms with Crippen molar-refractivity contribution < 1.29 is 18.3 Å². The Bertz CT molecular complexity index is 670. The third kappa shape index (κ3) is 3.31. The second-order valence-corrected chi connectivity index (χ2v) is 5.16. The SMILES string of the molecule is Cc1ccc(C(O)c2cc(C(F)(F)F)ccc2N)cc1Cl. The molecule has 0 aromatic heterocycles. The average Bonchev–Trinajstić information content (AvgIpc) is 2.40. The van der Waals surface area contributed by atoms with Crippen molar-refractivity contribution in [3.8, 4) is 0 Å². The van der Waals surface area contributed by atoms with Crippen molar-refractivity contribution in [1.29, 1.82) is 0 Å².